The molecule has 21 heavy (non-hydrogen) atoms. The van der Waals surface area contributed by atoms with Crippen LogP contribution in [0.15, 0.2) is 24.3 Å². The number of ether oxygens (including phenoxy) is 2. The van der Waals surface area contributed by atoms with Gasteiger partial charge in [0.25, 0.3) is 0 Å². The summed E-state index contributed by atoms with van der Waals surface area (Å²) >= 11 is 0. The third-order valence-electron chi connectivity index (χ3n) is 3.93. The molecule has 2 N–H and O–H groups in total. The fourth-order valence-corrected chi connectivity index (χ4v) is 2.40. The standard InChI is InChI=1S/C17H27NO3/c1-3-14(9-13-7-8-13)18-11-15(19)12-21-17-6-4-5-16(10-17)20-2/h4-6,10,13-15,18-19H,3,7-9,11-12H2,1-2H3. The first-order chi connectivity index (χ1) is 10.2. The van der Waals surface area contributed by atoms with Gasteiger partial charge in [0.2, 0.25) is 0 Å². The maximum Gasteiger partial charge on any atom is 0.123 e. The van der Waals surface area contributed by atoms with Crippen LogP contribution in [-0.2, 0) is 0 Å². The Bertz CT molecular complexity index is 420. The highest BCUT2D eigenvalue weighted by Gasteiger charge is 2.24. The normalized spacial score (nSPS) is 17.3. The van der Waals surface area contributed by atoms with Crippen LogP contribution in [0, 0.1) is 5.92 Å². The van der Waals surface area contributed by atoms with Gasteiger partial charge in [0.15, 0.2) is 0 Å². The fraction of sp³-hybridized carbons (Fsp3) is 0.647. The minimum Gasteiger partial charge on any atom is -0.497 e. The molecule has 0 heterocycles. The van der Waals surface area contributed by atoms with E-state index in [9.17, 15) is 5.11 Å². The van der Waals surface area contributed by atoms with E-state index < -0.39 is 6.10 Å². The third kappa shape index (κ3) is 5.94. The van der Waals surface area contributed by atoms with Crippen LogP contribution in [0.3, 0.4) is 0 Å². The molecule has 4 heteroatoms. The maximum atomic E-state index is 10.0. The maximum absolute atomic E-state index is 10.0. The van der Waals surface area contributed by atoms with Gasteiger partial charge in [0.1, 0.15) is 24.2 Å². The number of aliphatic hydroxyl groups is 1. The zero-order valence-corrected chi connectivity index (χ0v) is 13.0. The summed E-state index contributed by atoms with van der Waals surface area (Å²) in [6.45, 7) is 3.06. The highest BCUT2D eigenvalue weighted by Crippen LogP contribution is 2.33. The van der Waals surface area contributed by atoms with Gasteiger partial charge in [-0.15, -0.1) is 0 Å². The molecule has 2 atom stereocenters. The van der Waals surface area contributed by atoms with Gasteiger partial charge >= 0.3 is 0 Å². The lowest BCUT2D eigenvalue weighted by Gasteiger charge is -2.19. The molecule has 0 aliphatic heterocycles. The number of hydrogen-bond donors (Lipinski definition) is 2. The molecular weight excluding hydrogens is 266 g/mol. The lowest BCUT2D eigenvalue weighted by atomic mass is 10.1. The van der Waals surface area contributed by atoms with Crippen LogP contribution in [0.25, 0.3) is 0 Å². The van der Waals surface area contributed by atoms with Crippen LogP contribution in [0.4, 0.5) is 0 Å². The molecule has 1 aliphatic carbocycles. The monoisotopic (exact) mass is 293 g/mol. The third-order valence-corrected chi connectivity index (χ3v) is 3.93. The van der Waals surface area contributed by atoms with Crippen LogP contribution in [-0.4, -0.2) is 37.5 Å². The van der Waals surface area contributed by atoms with E-state index in [1.54, 1.807) is 7.11 Å². The lowest BCUT2D eigenvalue weighted by molar-refractivity contribution is 0.102. The van der Waals surface area contributed by atoms with Crippen molar-refractivity contribution in [1.82, 2.24) is 5.32 Å². The van der Waals surface area contributed by atoms with Crippen LogP contribution in [0.5, 0.6) is 11.5 Å². The smallest absolute Gasteiger partial charge is 0.123 e. The van der Waals surface area contributed by atoms with E-state index >= 15 is 0 Å². The molecule has 1 aromatic rings. The van der Waals surface area contributed by atoms with Crippen LogP contribution < -0.4 is 14.8 Å². The predicted molar refractivity (Wildman–Crippen MR) is 83.9 cm³/mol. The number of rotatable bonds is 10. The topological polar surface area (TPSA) is 50.7 Å². The van der Waals surface area contributed by atoms with Crippen molar-refractivity contribution in [3.05, 3.63) is 24.3 Å². The average molecular weight is 293 g/mol. The number of nitrogens with one attached hydrogen (secondary N) is 1. The molecule has 0 spiro atoms. The fourth-order valence-electron chi connectivity index (χ4n) is 2.40. The van der Waals surface area contributed by atoms with Crippen LogP contribution in [0.1, 0.15) is 32.6 Å². The van der Waals surface area contributed by atoms with Crippen LogP contribution >= 0.6 is 0 Å². The van der Waals surface area contributed by atoms with Gasteiger partial charge in [-0.1, -0.05) is 25.8 Å². The van der Waals surface area contributed by atoms with E-state index in [0.717, 1.165) is 23.8 Å². The van der Waals surface area contributed by atoms with Crippen molar-refractivity contribution in [1.29, 1.82) is 0 Å². The molecule has 1 aromatic carbocycles. The van der Waals surface area contributed by atoms with E-state index in [2.05, 4.69) is 12.2 Å². The van der Waals surface area contributed by atoms with Crippen molar-refractivity contribution >= 4 is 0 Å². The molecule has 1 aliphatic rings. The molecule has 1 fully saturated rings. The highest BCUT2D eigenvalue weighted by atomic mass is 16.5. The SMILES string of the molecule is CCC(CC1CC1)NCC(O)COc1cccc(OC)c1. The Balaban J connectivity index is 1.67. The van der Waals surface area contributed by atoms with Gasteiger partial charge in [0.05, 0.1) is 7.11 Å². The largest absolute Gasteiger partial charge is 0.497 e. The molecular formula is C17H27NO3. The summed E-state index contributed by atoms with van der Waals surface area (Å²) in [5.74, 6) is 2.39. The summed E-state index contributed by atoms with van der Waals surface area (Å²) in [5, 5.41) is 13.5. The molecule has 2 unspecified atom stereocenters. The Hall–Kier alpha value is -1.26. The molecule has 0 bridgehead atoms. The molecule has 0 amide bonds. The predicted octanol–water partition coefficient (Wildman–Crippen LogP) is 2.60. The number of benzene rings is 1. The second-order valence-corrected chi connectivity index (χ2v) is 5.84. The van der Waals surface area contributed by atoms with Crippen molar-refractivity contribution in [3.63, 3.8) is 0 Å². The van der Waals surface area contributed by atoms with E-state index in [4.69, 9.17) is 9.47 Å². The molecule has 118 valence electrons. The molecule has 1 saturated carbocycles. The Labute approximate surface area is 127 Å². The van der Waals surface area contributed by atoms with Crippen molar-refractivity contribution in [3.8, 4) is 11.5 Å². The van der Waals surface area contributed by atoms with Gasteiger partial charge < -0.3 is 19.9 Å². The zero-order chi connectivity index (χ0) is 15.1. The summed E-state index contributed by atoms with van der Waals surface area (Å²) < 4.78 is 10.7. The summed E-state index contributed by atoms with van der Waals surface area (Å²) in [5.41, 5.74) is 0. The van der Waals surface area contributed by atoms with Gasteiger partial charge in [-0.3, -0.25) is 0 Å². The highest BCUT2D eigenvalue weighted by molar-refractivity contribution is 5.32. The molecule has 0 radical (unpaired) electrons. The van der Waals surface area contributed by atoms with Crippen molar-refractivity contribution in [2.45, 2.75) is 44.8 Å². The quantitative estimate of drug-likeness (QED) is 0.696. The summed E-state index contributed by atoms with van der Waals surface area (Å²) in [6, 6.07) is 7.95. The summed E-state index contributed by atoms with van der Waals surface area (Å²) in [4.78, 5) is 0. The molecule has 0 aromatic heterocycles. The first-order valence-electron chi connectivity index (χ1n) is 7.89. The van der Waals surface area contributed by atoms with E-state index in [-0.39, 0.29) is 0 Å². The van der Waals surface area contributed by atoms with E-state index in [1.807, 2.05) is 24.3 Å². The zero-order valence-electron chi connectivity index (χ0n) is 13.0. The first-order valence-corrected chi connectivity index (χ1v) is 7.89. The van der Waals surface area contributed by atoms with E-state index in [0.29, 0.717) is 19.2 Å². The summed E-state index contributed by atoms with van der Waals surface area (Å²) in [7, 11) is 1.63. The van der Waals surface area contributed by atoms with Crippen molar-refractivity contribution < 1.29 is 14.6 Å². The Morgan fingerprint density at radius 3 is 2.76 bits per heavy atom. The first kappa shape index (κ1) is 16.1. The Kier molecular flexibility index (Phi) is 6.33. The van der Waals surface area contributed by atoms with Crippen molar-refractivity contribution in [2.75, 3.05) is 20.3 Å². The van der Waals surface area contributed by atoms with Gasteiger partial charge in [-0.2, -0.15) is 0 Å². The van der Waals surface area contributed by atoms with Crippen LogP contribution in [0.2, 0.25) is 0 Å². The average Bonchev–Trinajstić information content (AvgIpc) is 3.33. The van der Waals surface area contributed by atoms with Crippen molar-refractivity contribution in [2.24, 2.45) is 5.92 Å². The Morgan fingerprint density at radius 2 is 2.10 bits per heavy atom. The number of methoxy groups -OCH3 is 1. The molecule has 0 saturated heterocycles. The summed E-state index contributed by atoms with van der Waals surface area (Å²) in [6.07, 6.45) is 4.60. The van der Waals surface area contributed by atoms with Gasteiger partial charge in [-0.25, -0.2) is 0 Å². The van der Waals surface area contributed by atoms with E-state index in [1.165, 1.54) is 19.3 Å². The minimum absolute atomic E-state index is 0.292. The van der Waals surface area contributed by atoms with Gasteiger partial charge in [-0.05, 0) is 30.9 Å². The number of aliphatic hydroxyl groups excluding tert-OH is 1. The molecule has 4 nitrogen and oxygen atoms in total. The number of hydrogen-bond acceptors (Lipinski definition) is 4. The Morgan fingerprint density at radius 1 is 1.33 bits per heavy atom. The second-order valence-electron chi connectivity index (χ2n) is 5.84. The lowest BCUT2D eigenvalue weighted by Crippen LogP contribution is -2.38. The minimum atomic E-state index is -0.496. The van der Waals surface area contributed by atoms with Gasteiger partial charge in [0, 0.05) is 18.7 Å². The second kappa shape index (κ2) is 8.25. The molecule has 2 rings (SSSR count).